The maximum atomic E-state index is 12.9. The predicted molar refractivity (Wildman–Crippen MR) is 120 cm³/mol. The van der Waals surface area contributed by atoms with Crippen LogP contribution in [0.25, 0.3) is 0 Å². The maximum absolute atomic E-state index is 12.9. The number of carbonyl (C=O) groups excluding carboxylic acids is 2. The Morgan fingerprint density at radius 3 is 2.50 bits per heavy atom. The monoisotopic (exact) mass is 450 g/mol. The highest BCUT2D eigenvalue weighted by Gasteiger charge is 2.27. The Balaban J connectivity index is 0.00000364. The van der Waals surface area contributed by atoms with Gasteiger partial charge in [0, 0.05) is 32.9 Å². The average Bonchev–Trinajstić information content (AvgIpc) is 3.15. The van der Waals surface area contributed by atoms with Crippen LogP contribution in [0, 0.1) is 5.41 Å². The molecule has 0 aromatic carbocycles. The minimum Gasteiger partial charge on any atom is -0.342 e. The summed E-state index contributed by atoms with van der Waals surface area (Å²) in [4.78, 5) is 33.4. The number of hydrogen-bond acceptors (Lipinski definition) is 5. The number of carbonyl (C=O) groups is 2. The van der Waals surface area contributed by atoms with Crippen LogP contribution in [0.5, 0.6) is 0 Å². The standard InChI is InChI=1S/C19H30N4O2S.2ClH/c1-14(17(24)23-10-5-6-11-23)26-16-15(8-7-9-21-16)18(25)22(4)13-19(2,3)12-20;;/h7-9,14H,5-6,10-13,20H2,1-4H3;2*1H. The van der Waals surface area contributed by atoms with Crippen LogP contribution >= 0.6 is 36.6 Å². The van der Waals surface area contributed by atoms with Crippen molar-refractivity contribution in [2.24, 2.45) is 11.1 Å². The number of halogens is 2. The van der Waals surface area contributed by atoms with Crippen molar-refractivity contribution in [3.8, 4) is 0 Å². The molecule has 2 amide bonds. The third-order valence-electron chi connectivity index (χ3n) is 4.62. The largest absolute Gasteiger partial charge is 0.342 e. The fraction of sp³-hybridized carbons (Fsp3) is 0.632. The van der Waals surface area contributed by atoms with E-state index in [-0.39, 0.29) is 47.3 Å². The number of pyridine rings is 1. The molecule has 0 spiro atoms. The normalized spacial score (nSPS) is 14.7. The second-order valence-electron chi connectivity index (χ2n) is 7.68. The van der Waals surface area contributed by atoms with Crippen molar-refractivity contribution in [3.05, 3.63) is 23.9 Å². The van der Waals surface area contributed by atoms with Gasteiger partial charge in [-0.25, -0.2) is 4.98 Å². The van der Waals surface area contributed by atoms with Gasteiger partial charge in [0.1, 0.15) is 5.03 Å². The molecule has 1 aromatic rings. The molecule has 0 saturated carbocycles. The highest BCUT2D eigenvalue weighted by atomic mass is 35.5. The molecule has 2 heterocycles. The second-order valence-corrected chi connectivity index (χ2v) is 9.01. The summed E-state index contributed by atoms with van der Waals surface area (Å²) in [7, 11) is 1.78. The quantitative estimate of drug-likeness (QED) is 0.645. The lowest BCUT2D eigenvalue weighted by Gasteiger charge is -2.29. The molecule has 1 saturated heterocycles. The lowest BCUT2D eigenvalue weighted by atomic mass is 9.93. The molecule has 2 rings (SSSR count). The Kier molecular flexibility index (Phi) is 11.4. The number of nitrogens with zero attached hydrogens (tertiary/aromatic N) is 3. The van der Waals surface area contributed by atoms with Gasteiger partial charge in [-0.2, -0.15) is 0 Å². The van der Waals surface area contributed by atoms with Gasteiger partial charge >= 0.3 is 0 Å². The van der Waals surface area contributed by atoms with E-state index in [1.807, 2.05) is 25.7 Å². The van der Waals surface area contributed by atoms with Gasteiger partial charge in [-0.3, -0.25) is 9.59 Å². The summed E-state index contributed by atoms with van der Waals surface area (Å²) in [5, 5.41) is 0.343. The molecule has 1 aliphatic rings. The summed E-state index contributed by atoms with van der Waals surface area (Å²) in [6.45, 7) is 8.67. The molecular weight excluding hydrogens is 419 g/mol. The molecule has 6 nitrogen and oxygen atoms in total. The first-order chi connectivity index (χ1) is 12.2. The van der Waals surface area contributed by atoms with Gasteiger partial charge in [0.2, 0.25) is 5.91 Å². The minimum atomic E-state index is -0.264. The summed E-state index contributed by atoms with van der Waals surface area (Å²) in [5.41, 5.74) is 6.17. The number of aromatic nitrogens is 1. The van der Waals surface area contributed by atoms with E-state index in [9.17, 15) is 9.59 Å². The zero-order valence-corrected chi connectivity index (χ0v) is 19.5. The SMILES string of the molecule is CC(Sc1ncccc1C(=O)N(C)CC(C)(C)CN)C(=O)N1CCCC1.Cl.Cl. The van der Waals surface area contributed by atoms with Crippen molar-refractivity contribution in [1.29, 1.82) is 0 Å². The highest BCUT2D eigenvalue weighted by Crippen LogP contribution is 2.28. The fourth-order valence-electron chi connectivity index (χ4n) is 3.04. The van der Waals surface area contributed by atoms with E-state index in [0.29, 0.717) is 23.7 Å². The first-order valence-corrected chi connectivity index (χ1v) is 9.99. The van der Waals surface area contributed by atoms with Gasteiger partial charge in [-0.1, -0.05) is 25.6 Å². The Bertz CT molecular complexity index is 655. The summed E-state index contributed by atoms with van der Waals surface area (Å²) in [6, 6.07) is 3.53. The van der Waals surface area contributed by atoms with Crippen molar-refractivity contribution >= 4 is 48.4 Å². The second kappa shape index (κ2) is 11.9. The zero-order chi connectivity index (χ0) is 19.3. The van der Waals surface area contributed by atoms with Gasteiger partial charge in [0.25, 0.3) is 5.91 Å². The molecule has 2 N–H and O–H groups in total. The van der Waals surface area contributed by atoms with Gasteiger partial charge in [0.05, 0.1) is 10.8 Å². The Hall–Kier alpha value is -1.02. The molecule has 1 unspecified atom stereocenters. The van der Waals surface area contributed by atoms with Crippen LogP contribution in [0.4, 0.5) is 0 Å². The smallest absolute Gasteiger partial charge is 0.256 e. The minimum absolute atomic E-state index is 0. The van der Waals surface area contributed by atoms with Crippen LogP contribution in [0.1, 0.15) is 44.0 Å². The first-order valence-electron chi connectivity index (χ1n) is 9.11. The van der Waals surface area contributed by atoms with E-state index >= 15 is 0 Å². The number of likely N-dealkylation sites (tertiary alicyclic amines) is 1. The van der Waals surface area contributed by atoms with Crippen LogP contribution in [0.2, 0.25) is 0 Å². The van der Waals surface area contributed by atoms with Crippen molar-refractivity contribution in [3.63, 3.8) is 0 Å². The Morgan fingerprint density at radius 1 is 1.32 bits per heavy atom. The zero-order valence-electron chi connectivity index (χ0n) is 17.0. The molecule has 28 heavy (non-hydrogen) atoms. The Morgan fingerprint density at radius 2 is 1.93 bits per heavy atom. The van der Waals surface area contributed by atoms with Crippen molar-refractivity contribution in [1.82, 2.24) is 14.8 Å². The molecular formula is C19H32Cl2N4O2S. The molecule has 1 atom stereocenters. The van der Waals surface area contributed by atoms with E-state index in [4.69, 9.17) is 5.73 Å². The molecule has 160 valence electrons. The average molecular weight is 451 g/mol. The first kappa shape index (κ1) is 27.0. The predicted octanol–water partition coefficient (Wildman–Crippen LogP) is 3.09. The van der Waals surface area contributed by atoms with Gasteiger partial charge in [0.15, 0.2) is 0 Å². The number of thioether (sulfide) groups is 1. The third kappa shape index (κ3) is 7.10. The highest BCUT2D eigenvalue weighted by molar-refractivity contribution is 8.00. The molecule has 1 fully saturated rings. The van der Waals surface area contributed by atoms with E-state index in [2.05, 4.69) is 4.98 Å². The van der Waals surface area contributed by atoms with Crippen LogP contribution in [0.15, 0.2) is 23.4 Å². The number of hydrogen-bond donors (Lipinski definition) is 1. The fourth-order valence-corrected chi connectivity index (χ4v) is 4.03. The third-order valence-corrected chi connectivity index (χ3v) is 5.72. The number of rotatable bonds is 7. The molecule has 1 aliphatic heterocycles. The van der Waals surface area contributed by atoms with Crippen LogP contribution in [0.3, 0.4) is 0 Å². The lowest BCUT2D eigenvalue weighted by Crippen LogP contribution is -2.40. The van der Waals surface area contributed by atoms with Crippen molar-refractivity contribution in [2.45, 2.75) is 43.9 Å². The van der Waals surface area contributed by atoms with E-state index < -0.39 is 0 Å². The van der Waals surface area contributed by atoms with E-state index in [1.165, 1.54) is 11.8 Å². The lowest BCUT2D eigenvalue weighted by molar-refractivity contribution is -0.129. The van der Waals surface area contributed by atoms with Gasteiger partial charge in [-0.15, -0.1) is 24.8 Å². The molecule has 0 radical (unpaired) electrons. The summed E-state index contributed by atoms with van der Waals surface area (Å²) >= 11 is 1.36. The molecule has 0 aliphatic carbocycles. The molecule has 1 aromatic heterocycles. The van der Waals surface area contributed by atoms with Gasteiger partial charge in [-0.05, 0) is 43.9 Å². The van der Waals surface area contributed by atoms with E-state index in [1.54, 1.807) is 30.3 Å². The summed E-state index contributed by atoms with van der Waals surface area (Å²) in [6.07, 6.45) is 3.80. The van der Waals surface area contributed by atoms with Crippen molar-refractivity contribution in [2.75, 3.05) is 33.2 Å². The molecule has 0 bridgehead atoms. The maximum Gasteiger partial charge on any atom is 0.256 e. The topological polar surface area (TPSA) is 79.5 Å². The Labute approximate surface area is 184 Å². The van der Waals surface area contributed by atoms with Gasteiger partial charge < -0.3 is 15.5 Å². The summed E-state index contributed by atoms with van der Waals surface area (Å²) in [5.74, 6) is 0.0251. The van der Waals surface area contributed by atoms with Crippen molar-refractivity contribution < 1.29 is 9.59 Å². The van der Waals surface area contributed by atoms with Crippen LogP contribution in [-0.2, 0) is 4.79 Å². The van der Waals surface area contributed by atoms with Crippen LogP contribution in [-0.4, -0.2) is 65.1 Å². The number of nitrogens with two attached hydrogens (primary N) is 1. The number of amides is 2. The van der Waals surface area contributed by atoms with E-state index in [0.717, 1.165) is 25.9 Å². The molecule has 9 heteroatoms. The summed E-state index contributed by atoms with van der Waals surface area (Å²) < 4.78 is 0. The van der Waals surface area contributed by atoms with Crippen LogP contribution < -0.4 is 5.73 Å².